The van der Waals surface area contributed by atoms with Gasteiger partial charge in [-0.05, 0) is 45.2 Å². The summed E-state index contributed by atoms with van der Waals surface area (Å²) in [5.74, 6) is -2.08. The minimum absolute atomic E-state index is 0.135. The van der Waals surface area contributed by atoms with Crippen LogP contribution in [0.2, 0.25) is 0 Å². The van der Waals surface area contributed by atoms with E-state index in [-0.39, 0.29) is 17.4 Å². The molecule has 1 amide bonds. The Hall–Kier alpha value is -2.24. The van der Waals surface area contributed by atoms with Crippen LogP contribution in [0.1, 0.15) is 51.4 Å². The van der Waals surface area contributed by atoms with Gasteiger partial charge >= 0.3 is 5.97 Å². The van der Waals surface area contributed by atoms with Crippen LogP contribution in [-0.2, 0) is 9.53 Å². The molecule has 0 aliphatic carbocycles. The number of phenolic OH excluding ortho intramolecular Hbond substituents is 2. The van der Waals surface area contributed by atoms with Crippen molar-refractivity contribution in [3.8, 4) is 11.5 Å². The number of rotatable bonds is 5. The lowest BCUT2D eigenvalue weighted by Gasteiger charge is -2.25. The Kier molecular flexibility index (Phi) is 6.01. The Morgan fingerprint density at radius 2 is 1.83 bits per heavy atom. The summed E-state index contributed by atoms with van der Waals surface area (Å²) in [6.07, 6.45) is -0.615. The van der Waals surface area contributed by atoms with E-state index in [2.05, 4.69) is 5.32 Å². The molecule has 6 nitrogen and oxygen atoms in total. The third-order valence-corrected chi connectivity index (χ3v) is 2.96. The second-order valence-electron chi connectivity index (χ2n) is 6.94. The molecule has 0 saturated heterocycles. The first-order valence-corrected chi connectivity index (χ1v) is 7.55. The fourth-order valence-electron chi connectivity index (χ4n) is 1.98. The van der Waals surface area contributed by atoms with Crippen molar-refractivity contribution in [3.63, 3.8) is 0 Å². The normalized spacial score (nSPS) is 12.8. The van der Waals surface area contributed by atoms with Crippen LogP contribution >= 0.6 is 0 Å². The van der Waals surface area contributed by atoms with Gasteiger partial charge in [0.1, 0.15) is 5.56 Å². The molecule has 0 saturated carbocycles. The molecule has 0 bridgehead atoms. The number of nitrogens with one attached hydrogen (secondary N) is 1. The number of esters is 1. The van der Waals surface area contributed by atoms with E-state index in [4.69, 9.17) is 4.74 Å². The third-order valence-electron chi connectivity index (χ3n) is 2.96. The third kappa shape index (κ3) is 5.81. The zero-order valence-electron chi connectivity index (χ0n) is 14.2. The molecule has 23 heavy (non-hydrogen) atoms. The van der Waals surface area contributed by atoms with Crippen LogP contribution in [0.5, 0.6) is 11.5 Å². The number of para-hydroxylation sites is 1. The largest absolute Gasteiger partial charge is 0.504 e. The quantitative estimate of drug-likeness (QED) is 0.572. The van der Waals surface area contributed by atoms with Crippen LogP contribution in [0.15, 0.2) is 18.2 Å². The monoisotopic (exact) mass is 323 g/mol. The molecule has 0 aliphatic rings. The maximum Gasteiger partial charge on any atom is 0.342 e. The van der Waals surface area contributed by atoms with Gasteiger partial charge in [0.05, 0.1) is 0 Å². The van der Waals surface area contributed by atoms with Crippen LogP contribution < -0.4 is 5.32 Å². The predicted octanol–water partition coefficient (Wildman–Crippen LogP) is 2.58. The minimum Gasteiger partial charge on any atom is -0.504 e. The van der Waals surface area contributed by atoms with Crippen molar-refractivity contribution < 1.29 is 24.5 Å². The van der Waals surface area contributed by atoms with Crippen molar-refractivity contribution in [2.75, 3.05) is 0 Å². The first-order chi connectivity index (χ1) is 10.5. The second-order valence-corrected chi connectivity index (χ2v) is 6.94. The zero-order chi connectivity index (χ0) is 17.8. The fourth-order valence-corrected chi connectivity index (χ4v) is 1.98. The van der Waals surface area contributed by atoms with Gasteiger partial charge < -0.3 is 20.3 Å². The summed E-state index contributed by atoms with van der Waals surface area (Å²) in [6, 6.07) is 3.99. The van der Waals surface area contributed by atoms with Crippen molar-refractivity contribution in [2.45, 2.75) is 52.7 Å². The Morgan fingerprint density at radius 3 is 2.35 bits per heavy atom. The molecular weight excluding hydrogens is 298 g/mol. The maximum atomic E-state index is 12.3. The lowest BCUT2D eigenvalue weighted by atomic mass is 10.0. The second kappa shape index (κ2) is 7.35. The average Bonchev–Trinajstić information content (AvgIpc) is 2.38. The molecule has 3 N–H and O–H groups in total. The highest BCUT2D eigenvalue weighted by atomic mass is 16.5. The Balaban J connectivity index is 2.94. The molecule has 1 unspecified atom stereocenters. The summed E-state index contributed by atoms with van der Waals surface area (Å²) in [6.45, 7) is 9.33. The SMILES string of the molecule is CC(C)CC(OC(=O)c1cccc(O)c1O)C(=O)NC(C)(C)C. The molecule has 0 spiro atoms. The molecule has 6 heteroatoms. The lowest BCUT2D eigenvalue weighted by Crippen LogP contribution is -2.47. The number of benzene rings is 1. The summed E-state index contributed by atoms with van der Waals surface area (Å²) >= 11 is 0. The summed E-state index contributed by atoms with van der Waals surface area (Å²) in [4.78, 5) is 24.5. The van der Waals surface area contributed by atoms with E-state index in [9.17, 15) is 19.8 Å². The van der Waals surface area contributed by atoms with Crippen molar-refractivity contribution in [1.82, 2.24) is 5.32 Å². The van der Waals surface area contributed by atoms with E-state index in [1.54, 1.807) is 0 Å². The van der Waals surface area contributed by atoms with Gasteiger partial charge in [0, 0.05) is 5.54 Å². The van der Waals surface area contributed by atoms with Crippen LogP contribution in [0.25, 0.3) is 0 Å². The van der Waals surface area contributed by atoms with Crippen LogP contribution in [0, 0.1) is 5.92 Å². The molecule has 0 aromatic heterocycles. The van der Waals surface area contributed by atoms with Gasteiger partial charge in [-0.15, -0.1) is 0 Å². The summed E-state index contributed by atoms with van der Waals surface area (Å²) in [7, 11) is 0. The van der Waals surface area contributed by atoms with Crippen LogP contribution in [0.3, 0.4) is 0 Å². The molecule has 0 radical (unpaired) electrons. The highest BCUT2D eigenvalue weighted by molar-refractivity contribution is 5.95. The molecule has 128 valence electrons. The van der Waals surface area contributed by atoms with Gasteiger partial charge in [0.15, 0.2) is 17.6 Å². The smallest absolute Gasteiger partial charge is 0.342 e. The molecule has 0 fully saturated rings. The Morgan fingerprint density at radius 1 is 1.22 bits per heavy atom. The van der Waals surface area contributed by atoms with Gasteiger partial charge in [0.2, 0.25) is 0 Å². The minimum atomic E-state index is -0.969. The fraction of sp³-hybridized carbons (Fsp3) is 0.529. The molecular formula is C17H25NO5. The number of phenols is 2. The number of aromatic hydroxyl groups is 2. The average molecular weight is 323 g/mol. The number of carbonyl (C=O) groups is 2. The Bertz CT molecular complexity index is 575. The van der Waals surface area contributed by atoms with Gasteiger partial charge in [-0.2, -0.15) is 0 Å². The van der Waals surface area contributed by atoms with Crippen molar-refractivity contribution in [1.29, 1.82) is 0 Å². The molecule has 0 heterocycles. The van der Waals surface area contributed by atoms with Gasteiger partial charge in [-0.25, -0.2) is 4.79 Å². The molecule has 1 atom stereocenters. The number of amides is 1. The number of hydrogen-bond donors (Lipinski definition) is 3. The standard InChI is InChI=1S/C17H25NO5/c1-10(2)9-13(15(21)18-17(3,4)5)23-16(22)11-7-6-8-12(19)14(11)20/h6-8,10,13,19-20H,9H2,1-5H3,(H,18,21). The van der Waals surface area contributed by atoms with Gasteiger partial charge in [0.25, 0.3) is 5.91 Å². The summed E-state index contributed by atoms with van der Waals surface area (Å²) < 4.78 is 5.27. The van der Waals surface area contributed by atoms with Crippen LogP contribution in [-0.4, -0.2) is 33.7 Å². The maximum absolute atomic E-state index is 12.3. The van der Waals surface area contributed by atoms with E-state index in [1.165, 1.54) is 18.2 Å². The first-order valence-electron chi connectivity index (χ1n) is 7.55. The van der Waals surface area contributed by atoms with E-state index in [0.29, 0.717) is 6.42 Å². The van der Waals surface area contributed by atoms with Crippen molar-refractivity contribution >= 4 is 11.9 Å². The molecule has 1 aromatic rings. The van der Waals surface area contributed by atoms with Gasteiger partial charge in [-0.1, -0.05) is 19.9 Å². The molecule has 1 aromatic carbocycles. The highest BCUT2D eigenvalue weighted by Crippen LogP contribution is 2.29. The van der Waals surface area contributed by atoms with E-state index in [1.807, 2.05) is 34.6 Å². The van der Waals surface area contributed by atoms with Crippen molar-refractivity contribution in [3.05, 3.63) is 23.8 Å². The zero-order valence-corrected chi connectivity index (χ0v) is 14.2. The summed E-state index contributed by atoms with van der Waals surface area (Å²) in [5, 5.41) is 22.0. The highest BCUT2D eigenvalue weighted by Gasteiger charge is 2.28. The van der Waals surface area contributed by atoms with Crippen LogP contribution in [0.4, 0.5) is 0 Å². The number of hydrogen-bond acceptors (Lipinski definition) is 5. The van der Waals surface area contributed by atoms with E-state index in [0.717, 1.165) is 0 Å². The summed E-state index contributed by atoms with van der Waals surface area (Å²) in [5.41, 5.74) is -0.631. The predicted molar refractivity (Wildman–Crippen MR) is 86.3 cm³/mol. The Labute approximate surface area is 136 Å². The number of carbonyl (C=O) groups excluding carboxylic acids is 2. The molecule has 1 rings (SSSR count). The van der Waals surface area contributed by atoms with Gasteiger partial charge in [-0.3, -0.25) is 4.79 Å². The van der Waals surface area contributed by atoms with E-state index < -0.39 is 29.1 Å². The lowest BCUT2D eigenvalue weighted by molar-refractivity contribution is -0.132. The first kappa shape index (κ1) is 18.8. The number of ether oxygens (including phenoxy) is 1. The molecule has 0 aliphatic heterocycles. The topological polar surface area (TPSA) is 95.9 Å². The van der Waals surface area contributed by atoms with E-state index >= 15 is 0 Å². The van der Waals surface area contributed by atoms with Crippen molar-refractivity contribution in [2.24, 2.45) is 5.92 Å².